The van der Waals surface area contributed by atoms with E-state index < -0.39 is 4.92 Å². The molecule has 0 aromatic heterocycles. The number of hydrogen-bond donors (Lipinski definition) is 0. The Morgan fingerprint density at radius 1 is 1.03 bits per heavy atom. The fraction of sp³-hybridized carbons (Fsp3) is 0.0385. The summed E-state index contributed by atoms with van der Waals surface area (Å²) in [6.45, 7) is 0.448. The van der Waals surface area contributed by atoms with E-state index in [0.717, 1.165) is 20.4 Å². The Kier molecular flexibility index (Phi) is 6.47. The quantitative estimate of drug-likeness (QED) is 0.0882. The number of allylic oxidation sites excluding steroid dienone is 1. The van der Waals surface area contributed by atoms with Gasteiger partial charge in [0.2, 0.25) is 0 Å². The number of benzene rings is 4. The number of hydrogen-bond acceptors (Lipinski definition) is 4. The first-order valence-electron chi connectivity index (χ1n) is 9.81. The first-order chi connectivity index (χ1) is 15.5. The molecule has 4 rings (SSSR count). The Labute approximate surface area is 198 Å². The molecule has 0 saturated carbocycles. The third-order valence-corrected chi connectivity index (χ3v) is 5.86. The smallest absolute Gasteiger partial charge is 0.270 e. The zero-order chi connectivity index (χ0) is 22.5. The van der Waals surface area contributed by atoms with Gasteiger partial charge in [0.05, 0.1) is 20.1 Å². The van der Waals surface area contributed by atoms with Crippen LogP contribution in [0.3, 0.4) is 0 Å². The summed E-state index contributed by atoms with van der Waals surface area (Å²) in [5, 5.41) is 22.9. The monoisotopic (exact) mass is 532 g/mol. The third kappa shape index (κ3) is 4.79. The molecule has 0 aliphatic carbocycles. The third-order valence-electron chi connectivity index (χ3n) is 5.02. The van der Waals surface area contributed by atoms with E-state index in [1.165, 1.54) is 22.9 Å². The zero-order valence-corrected chi connectivity index (χ0v) is 19.0. The topological polar surface area (TPSA) is 76.2 Å². The van der Waals surface area contributed by atoms with Crippen LogP contribution in [0, 0.1) is 25.0 Å². The summed E-state index contributed by atoms with van der Waals surface area (Å²) in [5.41, 5.74) is 2.74. The van der Waals surface area contributed by atoms with Crippen LogP contribution >= 0.6 is 22.6 Å². The van der Waals surface area contributed by atoms with Crippen LogP contribution in [0.25, 0.3) is 22.4 Å². The van der Waals surface area contributed by atoms with Crippen molar-refractivity contribution >= 4 is 50.7 Å². The van der Waals surface area contributed by atoms with Crippen LogP contribution in [0.2, 0.25) is 0 Å². The highest BCUT2D eigenvalue weighted by atomic mass is 127. The van der Waals surface area contributed by atoms with Gasteiger partial charge in [0.15, 0.2) is 0 Å². The molecule has 156 valence electrons. The number of nitrogens with zero attached hydrogens (tertiary/aromatic N) is 2. The van der Waals surface area contributed by atoms with Gasteiger partial charge < -0.3 is 4.74 Å². The van der Waals surface area contributed by atoms with Gasteiger partial charge in [-0.25, -0.2) is 0 Å². The number of non-ortho nitro benzene ring substituents is 1. The van der Waals surface area contributed by atoms with Gasteiger partial charge in [-0.15, -0.1) is 0 Å². The summed E-state index contributed by atoms with van der Waals surface area (Å²) >= 11 is 2.21. The second kappa shape index (κ2) is 9.62. The summed E-state index contributed by atoms with van der Waals surface area (Å²) in [7, 11) is 0. The number of nitriles is 1. The molecule has 0 saturated heterocycles. The molecule has 0 aliphatic rings. The molecule has 6 heteroatoms. The van der Waals surface area contributed by atoms with E-state index in [0.29, 0.717) is 17.7 Å². The molecule has 5 nitrogen and oxygen atoms in total. The van der Waals surface area contributed by atoms with Crippen molar-refractivity contribution in [3.05, 3.63) is 115 Å². The van der Waals surface area contributed by atoms with Gasteiger partial charge in [-0.05, 0) is 68.3 Å². The average Bonchev–Trinajstić information content (AvgIpc) is 2.82. The van der Waals surface area contributed by atoms with E-state index in [1.807, 2.05) is 36.4 Å². The van der Waals surface area contributed by atoms with Gasteiger partial charge in [0.1, 0.15) is 12.4 Å². The van der Waals surface area contributed by atoms with Crippen molar-refractivity contribution in [1.82, 2.24) is 0 Å². The molecule has 0 atom stereocenters. The highest BCUT2D eigenvalue weighted by Crippen LogP contribution is 2.28. The van der Waals surface area contributed by atoms with Crippen LogP contribution in [-0.4, -0.2) is 4.92 Å². The summed E-state index contributed by atoms with van der Waals surface area (Å²) in [5.74, 6) is 0.754. The van der Waals surface area contributed by atoms with Crippen molar-refractivity contribution in [1.29, 1.82) is 5.26 Å². The largest absolute Gasteiger partial charge is 0.488 e. The predicted molar refractivity (Wildman–Crippen MR) is 134 cm³/mol. The Hall–Kier alpha value is -3.70. The van der Waals surface area contributed by atoms with Gasteiger partial charge in [-0.2, -0.15) is 5.26 Å². The molecule has 0 unspecified atom stereocenters. The average molecular weight is 532 g/mol. The molecule has 0 fully saturated rings. The van der Waals surface area contributed by atoms with E-state index in [1.54, 1.807) is 18.2 Å². The van der Waals surface area contributed by atoms with Gasteiger partial charge in [-0.1, -0.05) is 60.7 Å². The van der Waals surface area contributed by atoms with Crippen LogP contribution < -0.4 is 4.74 Å². The van der Waals surface area contributed by atoms with Crippen molar-refractivity contribution in [2.75, 3.05) is 0 Å². The SMILES string of the molecule is N#C/C(=C/c1ccc(OCc2cccc3ccccc23)c(I)c1)c1cccc([N+](=O)[O-])c1. The van der Waals surface area contributed by atoms with E-state index in [4.69, 9.17) is 4.74 Å². The van der Waals surface area contributed by atoms with Crippen LogP contribution in [0.4, 0.5) is 5.69 Å². The molecular formula is C26H17IN2O3. The molecule has 0 spiro atoms. The maximum atomic E-state index is 11.0. The van der Waals surface area contributed by atoms with Gasteiger partial charge in [-0.3, -0.25) is 10.1 Å². The fourth-order valence-electron chi connectivity index (χ4n) is 3.43. The Bertz CT molecular complexity index is 1380. The van der Waals surface area contributed by atoms with E-state index >= 15 is 0 Å². The van der Waals surface area contributed by atoms with Crippen LogP contribution in [-0.2, 0) is 6.61 Å². The van der Waals surface area contributed by atoms with E-state index in [-0.39, 0.29) is 5.69 Å². The zero-order valence-electron chi connectivity index (χ0n) is 16.9. The molecule has 4 aromatic rings. The number of ether oxygens (including phenoxy) is 1. The molecule has 4 aromatic carbocycles. The number of nitro benzene ring substituents is 1. The maximum Gasteiger partial charge on any atom is 0.270 e. The second-order valence-electron chi connectivity index (χ2n) is 7.09. The molecule has 0 radical (unpaired) electrons. The lowest BCUT2D eigenvalue weighted by molar-refractivity contribution is -0.384. The van der Waals surface area contributed by atoms with E-state index in [2.05, 4.69) is 52.9 Å². The van der Waals surface area contributed by atoms with Crippen LogP contribution in [0.5, 0.6) is 5.75 Å². The molecule has 32 heavy (non-hydrogen) atoms. The molecule has 0 N–H and O–H groups in total. The highest BCUT2D eigenvalue weighted by Gasteiger charge is 2.10. The number of halogens is 1. The molecule has 0 aliphatic heterocycles. The maximum absolute atomic E-state index is 11.0. The van der Waals surface area contributed by atoms with E-state index in [9.17, 15) is 15.4 Å². The minimum atomic E-state index is -0.469. The second-order valence-corrected chi connectivity index (χ2v) is 8.26. The normalized spacial score (nSPS) is 11.2. The predicted octanol–water partition coefficient (Wildman–Crippen LogP) is 7.00. The fourth-order valence-corrected chi connectivity index (χ4v) is 4.13. The molecule has 0 heterocycles. The van der Waals surface area contributed by atoms with Gasteiger partial charge in [0.25, 0.3) is 5.69 Å². The summed E-state index contributed by atoms with van der Waals surface area (Å²) in [6.07, 6.45) is 1.72. The van der Waals surface area contributed by atoms with Gasteiger partial charge in [0, 0.05) is 12.1 Å². The summed E-state index contributed by atoms with van der Waals surface area (Å²) in [6, 6.07) is 28.3. The summed E-state index contributed by atoms with van der Waals surface area (Å²) < 4.78 is 6.99. The lowest BCUT2D eigenvalue weighted by Gasteiger charge is -2.11. The lowest BCUT2D eigenvalue weighted by atomic mass is 10.0. The minimum Gasteiger partial charge on any atom is -0.488 e. The minimum absolute atomic E-state index is 0.0459. The molecule has 0 bridgehead atoms. The molecular weight excluding hydrogens is 515 g/mol. The van der Waals surface area contributed by atoms with Crippen molar-refractivity contribution in [3.63, 3.8) is 0 Å². The number of rotatable bonds is 6. The molecule has 0 amide bonds. The Morgan fingerprint density at radius 3 is 2.59 bits per heavy atom. The highest BCUT2D eigenvalue weighted by molar-refractivity contribution is 14.1. The van der Waals surface area contributed by atoms with Crippen molar-refractivity contribution in [2.45, 2.75) is 6.61 Å². The van der Waals surface area contributed by atoms with Crippen molar-refractivity contribution in [2.24, 2.45) is 0 Å². The van der Waals surface area contributed by atoms with Gasteiger partial charge >= 0.3 is 0 Å². The standard InChI is InChI=1S/C26H17IN2O3/c27-25-14-18(13-22(16-28)20-7-4-9-23(15-20)29(30)31)11-12-26(25)32-17-21-8-3-6-19-5-1-2-10-24(19)21/h1-15H,17H2/b22-13-. The van der Waals surface area contributed by atoms with Crippen LogP contribution in [0.1, 0.15) is 16.7 Å². The first-order valence-corrected chi connectivity index (χ1v) is 10.9. The Balaban J connectivity index is 1.56. The van der Waals surface area contributed by atoms with Crippen molar-refractivity contribution < 1.29 is 9.66 Å². The summed E-state index contributed by atoms with van der Waals surface area (Å²) in [4.78, 5) is 10.6. The number of fused-ring (bicyclic) bond motifs is 1. The number of nitro groups is 1. The van der Waals surface area contributed by atoms with Crippen LogP contribution in [0.15, 0.2) is 84.9 Å². The first kappa shape index (κ1) is 21.5. The van der Waals surface area contributed by atoms with Crippen molar-refractivity contribution in [3.8, 4) is 11.8 Å². The lowest BCUT2D eigenvalue weighted by Crippen LogP contribution is -1.98. The Morgan fingerprint density at radius 2 is 1.81 bits per heavy atom.